The van der Waals surface area contributed by atoms with E-state index in [4.69, 9.17) is 11.5 Å². The number of hydrogen-bond acceptors (Lipinski definition) is 4. The number of aromatic hydroxyl groups is 2. The van der Waals surface area contributed by atoms with E-state index >= 15 is 0 Å². The number of phenols is 2. The summed E-state index contributed by atoms with van der Waals surface area (Å²) in [5, 5.41) is 19.4. The van der Waals surface area contributed by atoms with Gasteiger partial charge in [0, 0.05) is 34.6 Å². The molecular weight excluding hydrogens is 275 g/mol. The second-order valence-electron chi connectivity index (χ2n) is 3.55. The van der Waals surface area contributed by atoms with Crippen LogP contribution in [0, 0.1) is 0 Å². The van der Waals surface area contributed by atoms with Crippen LogP contribution >= 0.6 is 24.8 Å². The van der Waals surface area contributed by atoms with Gasteiger partial charge < -0.3 is 21.7 Å². The van der Waals surface area contributed by atoms with Crippen LogP contribution in [0.15, 0.2) is 36.4 Å². The first kappa shape index (κ1) is 16.2. The van der Waals surface area contributed by atoms with Crippen molar-refractivity contribution >= 4 is 36.2 Å². The molecule has 2 rings (SSSR count). The van der Waals surface area contributed by atoms with E-state index in [9.17, 15) is 10.2 Å². The van der Waals surface area contributed by atoms with Gasteiger partial charge in [-0.25, -0.2) is 0 Å². The van der Waals surface area contributed by atoms with Gasteiger partial charge in [0.2, 0.25) is 0 Å². The molecule has 0 saturated heterocycles. The smallest absolute Gasteiger partial charge is 0.125 e. The van der Waals surface area contributed by atoms with Crippen LogP contribution in [-0.2, 0) is 0 Å². The second kappa shape index (κ2) is 6.23. The number of nitrogen functional groups attached to an aromatic ring is 2. The molecule has 98 valence electrons. The number of nitrogens with two attached hydrogens (primary N) is 2. The Balaban J connectivity index is 0.00000144. The van der Waals surface area contributed by atoms with Crippen molar-refractivity contribution in [3.8, 4) is 22.6 Å². The highest BCUT2D eigenvalue weighted by Crippen LogP contribution is 2.36. The highest BCUT2D eigenvalue weighted by Gasteiger charge is 2.09. The van der Waals surface area contributed by atoms with E-state index < -0.39 is 0 Å². The summed E-state index contributed by atoms with van der Waals surface area (Å²) in [7, 11) is 0. The fourth-order valence-corrected chi connectivity index (χ4v) is 1.55. The molecule has 2 aromatic rings. The largest absolute Gasteiger partial charge is 0.507 e. The number of halogens is 2. The molecule has 0 aliphatic rings. The fraction of sp³-hybridized carbons (Fsp3) is 0. The first-order valence-electron chi connectivity index (χ1n) is 4.75. The first-order valence-corrected chi connectivity index (χ1v) is 4.75. The maximum atomic E-state index is 9.72. The summed E-state index contributed by atoms with van der Waals surface area (Å²) in [6.07, 6.45) is 0. The van der Waals surface area contributed by atoms with E-state index in [0.717, 1.165) is 0 Å². The molecule has 0 fully saturated rings. The maximum absolute atomic E-state index is 9.72. The lowest BCUT2D eigenvalue weighted by molar-refractivity contribution is 0.469. The van der Waals surface area contributed by atoms with Crippen LogP contribution in [0.5, 0.6) is 11.5 Å². The molecule has 4 nitrogen and oxygen atoms in total. The molecule has 0 aliphatic heterocycles. The van der Waals surface area contributed by atoms with Crippen molar-refractivity contribution in [2.45, 2.75) is 0 Å². The Hall–Kier alpha value is -1.78. The minimum Gasteiger partial charge on any atom is -0.507 e. The molecule has 0 unspecified atom stereocenters. The van der Waals surface area contributed by atoms with Gasteiger partial charge in [-0.05, 0) is 24.3 Å². The summed E-state index contributed by atoms with van der Waals surface area (Å²) < 4.78 is 0. The van der Waals surface area contributed by atoms with Gasteiger partial charge >= 0.3 is 0 Å². The lowest BCUT2D eigenvalue weighted by Crippen LogP contribution is -1.88. The highest BCUT2D eigenvalue weighted by molar-refractivity contribution is 5.85. The van der Waals surface area contributed by atoms with Crippen molar-refractivity contribution in [1.29, 1.82) is 0 Å². The molecule has 0 saturated carbocycles. The Bertz CT molecular complexity index is 498. The molecule has 0 amide bonds. The molecule has 0 heterocycles. The summed E-state index contributed by atoms with van der Waals surface area (Å²) in [5.74, 6) is 0.0557. The predicted molar refractivity (Wildman–Crippen MR) is 78.5 cm³/mol. The number of rotatable bonds is 1. The number of hydrogen-bond donors (Lipinski definition) is 4. The van der Waals surface area contributed by atoms with Gasteiger partial charge in [0.25, 0.3) is 0 Å². The van der Waals surface area contributed by atoms with Crippen molar-refractivity contribution in [3.05, 3.63) is 36.4 Å². The third-order valence-corrected chi connectivity index (χ3v) is 2.33. The Morgan fingerprint density at radius 2 is 1.00 bits per heavy atom. The van der Waals surface area contributed by atoms with Gasteiger partial charge in [0.1, 0.15) is 11.5 Å². The number of benzene rings is 2. The molecule has 0 bridgehead atoms. The van der Waals surface area contributed by atoms with Gasteiger partial charge in [-0.3, -0.25) is 0 Å². The second-order valence-corrected chi connectivity index (χ2v) is 3.55. The van der Waals surface area contributed by atoms with Gasteiger partial charge in [-0.2, -0.15) is 0 Å². The monoisotopic (exact) mass is 288 g/mol. The van der Waals surface area contributed by atoms with Crippen LogP contribution in [0.1, 0.15) is 0 Å². The Morgan fingerprint density at radius 1 is 0.667 bits per heavy atom. The molecule has 0 radical (unpaired) electrons. The van der Waals surface area contributed by atoms with E-state index in [2.05, 4.69) is 0 Å². The Kier molecular flexibility index (Phi) is 5.62. The van der Waals surface area contributed by atoms with Crippen LogP contribution in [0.25, 0.3) is 11.1 Å². The Morgan fingerprint density at radius 3 is 1.28 bits per heavy atom. The molecule has 0 aliphatic carbocycles. The van der Waals surface area contributed by atoms with Crippen molar-refractivity contribution in [2.75, 3.05) is 11.5 Å². The van der Waals surface area contributed by atoms with Crippen molar-refractivity contribution in [2.24, 2.45) is 0 Å². The molecule has 0 spiro atoms. The first-order chi connectivity index (χ1) is 7.58. The SMILES string of the molecule is Cl.Cl.Nc1ccc(-c2ccc(N)cc2O)c(O)c1. The zero-order valence-electron chi connectivity index (χ0n) is 9.33. The van der Waals surface area contributed by atoms with Crippen LogP contribution in [-0.4, -0.2) is 10.2 Å². The quantitative estimate of drug-likeness (QED) is 0.607. The van der Waals surface area contributed by atoms with Gasteiger partial charge in [-0.1, -0.05) is 0 Å². The summed E-state index contributed by atoms with van der Waals surface area (Å²) in [6.45, 7) is 0. The molecule has 6 N–H and O–H groups in total. The summed E-state index contributed by atoms with van der Waals surface area (Å²) >= 11 is 0. The number of anilines is 2. The summed E-state index contributed by atoms with van der Waals surface area (Å²) in [5.41, 5.74) is 13.0. The zero-order chi connectivity index (χ0) is 11.7. The van der Waals surface area contributed by atoms with Crippen LogP contribution in [0.2, 0.25) is 0 Å². The predicted octanol–water partition coefficient (Wildman–Crippen LogP) is 2.77. The lowest BCUT2D eigenvalue weighted by atomic mass is 10.0. The van der Waals surface area contributed by atoms with Crippen LogP contribution < -0.4 is 11.5 Å². The zero-order valence-corrected chi connectivity index (χ0v) is 11.0. The van der Waals surface area contributed by atoms with E-state index in [-0.39, 0.29) is 36.3 Å². The molecule has 0 aromatic heterocycles. The normalized spacial score (nSPS) is 9.11. The summed E-state index contributed by atoms with van der Waals surface area (Å²) in [4.78, 5) is 0. The van der Waals surface area contributed by atoms with Crippen molar-refractivity contribution in [3.63, 3.8) is 0 Å². The molecule has 0 atom stereocenters. The third kappa shape index (κ3) is 3.12. The maximum Gasteiger partial charge on any atom is 0.125 e. The average Bonchev–Trinajstić information content (AvgIpc) is 2.19. The minimum atomic E-state index is 0. The van der Waals surface area contributed by atoms with Gasteiger partial charge in [0.15, 0.2) is 0 Å². The highest BCUT2D eigenvalue weighted by atomic mass is 35.5. The molecule has 6 heteroatoms. The average molecular weight is 289 g/mol. The molecule has 2 aromatic carbocycles. The Labute approximate surface area is 117 Å². The van der Waals surface area contributed by atoms with E-state index in [1.165, 1.54) is 12.1 Å². The lowest BCUT2D eigenvalue weighted by Gasteiger charge is -2.08. The molecule has 18 heavy (non-hydrogen) atoms. The van der Waals surface area contributed by atoms with Crippen LogP contribution in [0.4, 0.5) is 11.4 Å². The van der Waals surface area contributed by atoms with Gasteiger partial charge in [-0.15, -0.1) is 24.8 Å². The summed E-state index contributed by atoms with van der Waals surface area (Å²) in [6, 6.07) is 9.48. The van der Waals surface area contributed by atoms with Crippen molar-refractivity contribution in [1.82, 2.24) is 0 Å². The fourth-order valence-electron chi connectivity index (χ4n) is 1.55. The number of phenolic OH excluding ortho intramolecular Hbond substituents is 2. The van der Waals surface area contributed by atoms with E-state index in [0.29, 0.717) is 22.5 Å². The minimum absolute atomic E-state index is 0. The topological polar surface area (TPSA) is 92.5 Å². The molecular formula is C12H14Cl2N2O2. The third-order valence-electron chi connectivity index (χ3n) is 2.33. The van der Waals surface area contributed by atoms with Crippen LogP contribution in [0.3, 0.4) is 0 Å². The van der Waals surface area contributed by atoms with Crippen molar-refractivity contribution < 1.29 is 10.2 Å². The standard InChI is InChI=1S/C12H12N2O2.2ClH/c13-7-1-3-9(11(15)5-7)10-4-2-8(14)6-12(10)16;;/h1-6,15-16H,13-14H2;2*1H. The van der Waals surface area contributed by atoms with E-state index in [1.54, 1.807) is 24.3 Å². The van der Waals surface area contributed by atoms with Gasteiger partial charge in [0.05, 0.1) is 0 Å². The van der Waals surface area contributed by atoms with E-state index in [1.807, 2.05) is 0 Å².